The van der Waals surface area contributed by atoms with E-state index in [-0.39, 0.29) is 12.5 Å². The predicted octanol–water partition coefficient (Wildman–Crippen LogP) is 1.29. The van der Waals surface area contributed by atoms with Gasteiger partial charge in [0, 0.05) is 5.75 Å². The van der Waals surface area contributed by atoms with Crippen LogP contribution in [0.5, 0.6) is 0 Å². The van der Waals surface area contributed by atoms with E-state index in [1.807, 2.05) is 0 Å². The van der Waals surface area contributed by atoms with Crippen LogP contribution in [0.3, 0.4) is 0 Å². The van der Waals surface area contributed by atoms with Crippen molar-refractivity contribution in [2.45, 2.75) is 18.1 Å². The molecular formula is C14H15FN2O3S. The van der Waals surface area contributed by atoms with Gasteiger partial charge in [-0.05, 0) is 29.9 Å². The maximum Gasteiger partial charge on any atom is 0.325 e. The second-order valence-electron chi connectivity index (χ2n) is 5.30. The van der Waals surface area contributed by atoms with Crippen LogP contribution in [0.1, 0.15) is 18.1 Å². The molecule has 0 radical (unpaired) electrons. The number of aliphatic hydroxyl groups excluding tert-OH is 1. The number of β-amino-alcohol motifs (C(OH)–C–C–N with tert-alkyl or cyclic N) is 1. The van der Waals surface area contributed by atoms with Crippen molar-refractivity contribution in [3.63, 3.8) is 0 Å². The summed E-state index contributed by atoms with van der Waals surface area (Å²) in [6.07, 6.45) is -0.492. The van der Waals surface area contributed by atoms with Crippen LogP contribution in [0, 0.1) is 5.82 Å². The minimum Gasteiger partial charge on any atom is -0.387 e. The lowest BCUT2D eigenvalue weighted by molar-refractivity contribution is -0.131. The summed E-state index contributed by atoms with van der Waals surface area (Å²) in [6, 6.07) is 5.03. The molecule has 7 heteroatoms. The number of nitrogens with zero attached hydrogens (tertiary/aromatic N) is 1. The zero-order valence-electron chi connectivity index (χ0n) is 11.2. The van der Waals surface area contributed by atoms with Gasteiger partial charge in [0.25, 0.3) is 5.91 Å². The summed E-state index contributed by atoms with van der Waals surface area (Å²) in [7, 11) is 0. The Morgan fingerprint density at radius 1 is 1.48 bits per heavy atom. The van der Waals surface area contributed by atoms with Crippen molar-refractivity contribution in [3.8, 4) is 0 Å². The van der Waals surface area contributed by atoms with E-state index in [4.69, 9.17) is 0 Å². The zero-order valence-corrected chi connectivity index (χ0v) is 12.0. The van der Waals surface area contributed by atoms with Gasteiger partial charge < -0.3 is 10.4 Å². The average Bonchev–Trinajstić information content (AvgIpc) is 3.00. The molecule has 2 fully saturated rings. The van der Waals surface area contributed by atoms with Crippen LogP contribution in [0.25, 0.3) is 0 Å². The molecule has 1 spiro atoms. The van der Waals surface area contributed by atoms with Crippen LogP contribution >= 0.6 is 11.8 Å². The molecule has 2 atom stereocenters. The van der Waals surface area contributed by atoms with Crippen molar-refractivity contribution < 1.29 is 19.1 Å². The van der Waals surface area contributed by atoms with Gasteiger partial charge >= 0.3 is 6.03 Å². The standard InChI is InChI=1S/C14H15FN2O3S/c15-10-3-1-2-9(6-10)11(18)7-17-12(19)14(16-13(17)20)4-5-21-8-14/h1-3,6,11,18H,4-5,7-8H2,(H,16,20). The topological polar surface area (TPSA) is 69.6 Å². The van der Waals surface area contributed by atoms with Gasteiger partial charge in [0.1, 0.15) is 11.4 Å². The molecule has 2 aliphatic heterocycles. The van der Waals surface area contributed by atoms with Gasteiger partial charge in [0.05, 0.1) is 12.6 Å². The minimum absolute atomic E-state index is 0.166. The minimum atomic E-state index is -1.10. The number of nitrogens with one attached hydrogen (secondary N) is 1. The van der Waals surface area contributed by atoms with Crippen molar-refractivity contribution in [2.24, 2.45) is 0 Å². The maximum atomic E-state index is 13.2. The summed E-state index contributed by atoms with van der Waals surface area (Å²) in [5, 5.41) is 12.9. The number of benzene rings is 1. The summed E-state index contributed by atoms with van der Waals surface area (Å²) >= 11 is 1.62. The molecule has 2 saturated heterocycles. The normalized spacial score (nSPS) is 26.5. The smallest absolute Gasteiger partial charge is 0.325 e. The lowest BCUT2D eigenvalue weighted by Gasteiger charge is -2.21. The Balaban J connectivity index is 1.75. The molecule has 21 heavy (non-hydrogen) atoms. The number of aliphatic hydroxyl groups is 1. The lowest BCUT2D eigenvalue weighted by atomic mass is 9.99. The first-order chi connectivity index (χ1) is 10.0. The van der Waals surface area contributed by atoms with E-state index in [0.717, 1.165) is 10.7 Å². The van der Waals surface area contributed by atoms with Crippen LogP contribution < -0.4 is 5.32 Å². The number of imide groups is 1. The molecule has 2 aliphatic rings. The third-order valence-corrected chi connectivity index (χ3v) is 5.05. The predicted molar refractivity (Wildman–Crippen MR) is 76.3 cm³/mol. The van der Waals surface area contributed by atoms with E-state index in [9.17, 15) is 19.1 Å². The summed E-state index contributed by atoms with van der Waals surface area (Å²) < 4.78 is 13.2. The van der Waals surface area contributed by atoms with E-state index in [1.165, 1.54) is 18.2 Å². The fraction of sp³-hybridized carbons (Fsp3) is 0.429. The van der Waals surface area contributed by atoms with Gasteiger partial charge in [-0.3, -0.25) is 9.69 Å². The van der Waals surface area contributed by atoms with E-state index in [2.05, 4.69) is 5.32 Å². The van der Waals surface area contributed by atoms with E-state index < -0.39 is 23.5 Å². The number of halogens is 1. The highest BCUT2D eigenvalue weighted by Gasteiger charge is 2.53. The van der Waals surface area contributed by atoms with Gasteiger partial charge in [-0.1, -0.05) is 12.1 Å². The summed E-state index contributed by atoms with van der Waals surface area (Å²) in [6.45, 7) is -0.166. The highest BCUT2D eigenvalue weighted by molar-refractivity contribution is 7.99. The van der Waals surface area contributed by atoms with E-state index >= 15 is 0 Å². The first-order valence-electron chi connectivity index (χ1n) is 6.67. The average molecular weight is 310 g/mol. The molecule has 2 heterocycles. The van der Waals surface area contributed by atoms with Crippen molar-refractivity contribution in [3.05, 3.63) is 35.6 Å². The molecule has 3 rings (SSSR count). The Morgan fingerprint density at radius 3 is 2.95 bits per heavy atom. The van der Waals surface area contributed by atoms with E-state index in [1.54, 1.807) is 17.8 Å². The quantitative estimate of drug-likeness (QED) is 0.825. The fourth-order valence-corrected chi connectivity index (χ4v) is 3.99. The molecule has 5 nitrogen and oxygen atoms in total. The molecule has 3 amide bonds. The number of carbonyl (C=O) groups excluding carboxylic acids is 2. The Labute approximate surface area is 125 Å². The number of hydrogen-bond acceptors (Lipinski definition) is 4. The third kappa shape index (κ3) is 2.51. The zero-order chi connectivity index (χ0) is 15.0. The van der Waals surface area contributed by atoms with Gasteiger partial charge in [-0.2, -0.15) is 11.8 Å². The van der Waals surface area contributed by atoms with Crippen molar-refractivity contribution in [1.29, 1.82) is 0 Å². The molecule has 112 valence electrons. The maximum absolute atomic E-state index is 13.2. The SMILES string of the molecule is O=C1NC2(CCSC2)C(=O)N1CC(O)c1cccc(F)c1. The summed E-state index contributed by atoms with van der Waals surface area (Å²) in [5.41, 5.74) is -0.471. The number of carbonyl (C=O) groups is 2. The molecule has 2 N–H and O–H groups in total. The van der Waals surface area contributed by atoms with E-state index in [0.29, 0.717) is 17.7 Å². The molecule has 0 saturated carbocycles. The van der Waals surface area contributed by atoms with Crippen molar-refractivity contribution in [1.82, 2.24) is 10.2 Å². The lowest BCUT2D eigenvalue weighted by Crippen LogP contribution is -2.47. The number of rotatable bonds is 3. The Kier molecular flexibility index (Phi) is 3.62. The van der Waals surface area contributed by atoms with Gasteiger partial charge in [-0.15, -0.1) is 0 Å². The Hall–Kier alpha value is -1.60. The van der Waals surface area contributed by atoms with Crippen LogP contribution in [-0.2, 0) is 4.79 Å². The number of amides is 3. The second-order valence-corrected chi connectivity index (χ2v) is 6.41. The number of hydrogen-bond donors (Lipinski definition) is 2. The number of thioether (sulfide) groups is 1. The third-order valence-electron chi connectivity index (χ3n) is 3.86. The highest BCUT2D eigenvalue weighted by Crippen LogP contribution is 2.34. The molecular weight excluding hydrogens is 295 g/mol. The molecule has 0 aliphatic carbocycles. The first kappa shape index (κ1) is 14.3. The molecule has 0 bridgehead atoms. The first-order valence-corrected chi connectivity index (χ1v) is 7.83. The Morgan fingerprint density at radius 2 is 2.29 bits per heavy atom. The van der Waals surface area contributed by atoms with Gasteiger partial charge in [-0.25, -0.2) is 9.18 Å². The summed E-state index contributed by atoms with van der Waals surface area (Å²) in [5.74, 6) is 0.622. The van der Waals surface area contributed by atoms with Crippen LogP contribution in [-0.4, -0.2) is 45.5 Å². The second kappa shape index (κ2) is 5.31. The van der Waals surface area contributed by atoms with Crippen LogP contribution in [0.2, 0.25) is 0 Å². The molecule has 2 unspecified atom stereocenters. The highest BCUT2D eigenvalue weighted by atomic mass is 32.2. The largest absolute Gasteiger partial charge is 0.387 e. The van der Waals surface area contributed by atoms with Gasteiger partial charge in [0.15, 0.2) is 0 Å². The number of urea groups is 1. The van der Waals surface area contributed by atoms with Crippen LogP contribution in [0.4, 0.5) is 9.18 Å². The molecule has 0 aromatic heterocycles. The summed E-state index contributed by atoms with van der Waals surface area (Å²) in [4.78, 5) is 25.4. The Bertz CT molecular complexity index is 589. The van der Waals surface area contributed by atoms with Crippen molar-refractivity contribution in [2.75, 3.05) is 18.1 Å². The fourth-order valence-electron chi connectivity index (χ4n) is 2.67. The molecule has 1 aromatic rings. The molecule has 1 aromatic carbocycles. The van der Waals surface area contributed by atoms with Crippen molar-refractivity contribution >= 4 is 23.7 Å². The monoisotopic (exact) mass is 310 g/mol. The van der Waals surface area contributed by atoms with Crippen LogP contribution in [0.15, 0.2) is 24.3 Å². The van der Waals surface area contributed by atoms with Gasteiger partial charge in [0.2, 0.25) is 0 Å².